The highest BCUT2D eigenvalue weighted by molar-refractivity contribution is 6.13. The maximum atomic E-state index is 11.9. The Labute approximate surface area is 98.2 Å². The molecule has 4 nitrogen and oxygen atoms in total. The Balaban J connectivity index is 2.41. The fraction of sp³-hybridized carbons (Fsp3) is 0.154. The van der Waals surface area contributed by atoms with E-state index in [0.29, 0.717) is 5.56 Å². The summed E-state index contributed by atoms with van der Waals surface area (Å²) < 4.78 is 4.48. The van der Waals surface area contributed by atoms with Crippen molar-refractivity contribution in [2.75, 3.05) is 7.11 Å². The highest BCUT2D eigenvalue weighted by Crippen LogP contribution is 2.18. The number of ketones is 1. The van der Waals surface area contributed by atoms with Crippen LogP contribution in [0.1, 0.15) is 16.8 Å². The Hall–Kier alpha value is -2.23. The van der Waals surface area contributed by atoms with Crippen LogP contribution in [0.15, 0.2) is 36.7 Å². The van der Waals surface area contributed by atoms with Crippen molar-refractivity contribution in [2.24, 2.45) is 0 Å². The maximum absolute atomic E-state index is 11.9. The summed E-state index contributed by atoms with van der Waals surface area (Å²) in [6, 6.07) is 7.11. The molecule has 0 radical (unpaired) electrons. The molecule has 1 heterocycles. The summed E-state index contributed by atoms with van der Waals surface area (Å²) in [5.41, 5.74) is 0.523. The molecule has 1 aromatic heterocycles. The number of fused-ring (bicyclic) bond motifs is 1. The molecular formula is C13H11NO3. The van der Waals surface area contributed by atoms with Crippen LogP contribution in [-0.4, -0.2) is 23.8 Å². The number of esters is 1. The molecule has 0 aliphatic heterocycles. The summed E-state index contributed by atoms with van der Waals surface area (Å²) in [5, 5.41) is 1.68. The van der Waals surface area contributed by atoms with Crippen molar-refractivity contribution in [1.29, 1.82) is 0 Å². The van der Waals surface area contributed by atoms with Crippen LogP contribution in [0, 0.1) is 0 Å². The van der Waals surface area contributed by atoms with Crippen molar-refractivity contribution in [3.8, 4) is 0 Å². The molecule has 2 aromatic rings. The van der Waals surface area contributed by atoms with Crippen LogP contribution in [0.3, 0.4) is 0 Å². The zero-order valence-corrected chi connectivity index (χ0v) is 9.34. The molecule has 0 saturated heterocycles. The van der Waals surface area contributed by atoms with E-state index in [1.54, 1.807) is 30.6 Å². The van der Waals surface area contributed by atoms with Gasteiger partial charge in [-0.15, -0.1) is 0 Å². The zero-order chi connectivity index (χ0) is 12.3. The third-order valence-corrected chi connectivity index (χ3v) is 2.51. The van der Waals surface area contributed by atoms with Crippen molar-refractivity contribution < 1.29 is 14.3 Å². The molecule has 86 valence electrons. The van der Waals surface area contributed by atoms with Gasteiger partial charge in [0, 0.05) is 23.3 Å². The van der Waals surface area contributed by atoms with Crippen LogP contribution in [-0.2, 0) is 9.53 Å². The SMILES string of the molecule is COC(=O)CC(=O)c1cccc2cnccc12. The van der Waals surface area contributed by atoms with Crippen LogP contribution in [0.4, 0.5) is 0 Å². The standard InChI is InChI=1S/C13H11NO3/c1-17-13(16)7-12(15)11-4-2-3-9-8-14-6-5-10(9)11/h2-6,8H,7H2,1H3. The first-order chi connectivity index (χ1) is 8.22. The van der Waals surface area contributed by atoms with Gasteiger partial charge in [0.15, 0.2) is 5.78 Å². The van der Waals surface area contributed by atoms with Gasteiger partial charge < -0.3 is 4.74 Å². The van der Waals surface area contributed by atoms with E-state index in [2.05, 4.69) is 9.72 Å². The number of benzene rings is 1. The minimum Gasteiger partial charge on any atom is -0.469 e. The molecule has 0 atom stereocenters. The number of pyridine rings is 1. The van der Waals surface area contributed by atoms with Crippen LogP contribution < -0.4 is 0 Å². The molecule has 4 heteroatoms. The van der Waals surface area contributed by atoms with E-state index in [9.17, 15) is 9.59 Å². The minimum atomic E-state index is -0.527. The lowest BCUT2D eigenvalue weighted by Gasteiger charge is -2.04. The van der Waals surface area contributed by atoms with Crippen LogP contribution in [0.2, 0.25) is 0 Å². The first-order valence-electron chi connectivity index (χ1n) is 5.15. The quantitative estimate of drug-likeness (QED) is 0.458. The smallest absolute Gasteiger partial charge is 0.313 e. The molecule has 0 unspecified atom stereocenters. The molecule has 0 N–H and O–H groups in total. The zero-order valence-electron chi connectivity index (χ0n) is 9.34. The molecule has 1 aromatic carbocycles. The van der Waals surface area contributed by atoms with E-state index >= 15 is 0 Å². The van der Waals surface area contributed by atoms with Gasteiger partial charge in [0.2, 0.25) is 0 Å². The largest absolute Gasteiger partial charge is 0.469 e. The van der Waals surface area contributed by atoms with Crippen molar-refractivity contribution in [3.05, 3.63) is 42.2 Å². The van der Waals surface area contributed by atoms with E-state index in [1.807, 2.05) is 6.07 Å². The average molecular weight is 229 g/mol. The number of carbonyl (C=O) groups is 2. The Bertz CT molecular complexity index is 572. The number of rotatable bonds is 3. The molecule has 0 spiro atoms. The summed E-state index contributed by atoms with van der Waals surface area (Å²) >= 11 is 0. The summed E-state index contributed by atoms with van der Waals surface area (Å²) in [5.74, 6) is -0.769. The van der Waals surface area contributed by atoms with Crippen molar-refractivity contribution in [1.82, 2.24) is 4.98 Å². The van der Waals surface area contributed by atoms with Gasteiger partial charge in [0.05, 0.1) is 7.11 Å². The lowest BCUT2D eigenvalue weighted by Crippen LogP contribution is -2.09. The molecule has 0 bridgehead atoms. The van der Waals surface area contributed by atoms with Crippen LogP contribution >= 0.6 is 0 Å². The van der Waals surface area contributed by atoms with E-state index in [1.165, 1.54) is 7.11 Å². The number of methoxy groups -OCH3 is 1. The number of nitrogens with zero attached hydrogens (tertiary/aromatic N) is 1. The van der Waals surface area contributed by atoms with E-state index in [-0.39, 0.29) is 12.2 Å². The van der Waals surface area contributed by atoms with Gasteiger partial charge in [-0.2, -0.15) is 0 Å². The molecule has 17 heavy (non-hydrogen) atoms. The third kappa shape index (κ3) is 2.30. The predicted molar refractivity (Wildman–Crippen MR) is 62.7 cm³/mol. The van der Waals surface area contributed by atoms with Crippen molar-refractivity contribution in [2.45, 2.75) is 6.42 Å². The topological polar surface area (TPSA) is 56.3 Å². The number of ether oxygens (including phenoxy) is 1. The Morgan fingerprint density at radius 3 is 2.88 bits per heavy atom. The average Bonchev–Trinajstić information content (AvgIpc) is 2.37. The molecule has 2 rings (SSSR count). The summed E-state index contributed by atoms with van der Waals surface area (Å²) in [6.07, 6.45) is 3.07. The maximum Gasteiger partial charge on any atom is 0.313 e. The molecular weight excluding hydrogens is 218 g/mol. The lowest BCUT2D eigenvalue weighted by molar-refractivity contribution is -0.139. The summed E-state index contributed by atoms with van der Waals surface area (Å²) in [4.78, 5) is 27.0. The first-order valence-corrected chi connectivity index (χ1v) is 5.15. The fourth-order valence-electron chi connectivity index (χ4n) is 1.66. The second-order valence-electron chi connectivity index (χ2n) is 3.58. The Morgan fingerprint density at radius 1 is 1.29 bits per heavy atom. The van der Waals surface area contributed by atoms with Crippen molar-refractivity contribution in [3.63, 3.8) is 0 Å². The molecule has 0 fully saturated rings. The van der Waals surface area contributed by atoms with Gasteiger partial charge in [0.1, 0.15) is 6.42 Å². The highest BCUT2D eigenvalue weighted by Gasteiger charge is 2.14. The van der Waals surface area contributed by atoms with Crippen LogP contribution in [0.25, 0.3) is 10.8 Å². The number of Topliss-reactive ketones (excluding diaryl/α,β-unsaturated/α-hetero) is 1. The van der Waals surface area contributed by atoms with E-state index in [4.69, 9.17) is 0 Å². The number of hydrogen-bond donors (Lipinski definition) is 0. The van der Waals surface area contributed by atoms with Gasteiger partial charge >= 0.3 is 5.97 Å². The molecule has 0 amide bonds. The predicted octanol–water partition coefficient (Wildman–Crippen LogP) is 1.98. The fourth-order valence-corrected chi connectivity index (χ4v) is 1.66. The minimum absolute atomic E-state index is 0.238. The number of hydrogen-bond acceptors (Lipinski definition) is 4. The normalized spacial score (nSPS) is 10.2. The second-order valence-corrected chi connectivity index (χ2v) is 3.58. The van der Waals surface area contributed by atoms with Crippen LogP contribution in [0.5, 0.6) is 0 Å². The second kappa shape index (κ2) is 4.74. The summed E-state index contributed by atoms with van der Waals surface area (Å²) in [6.45, 7) is 0. The van der Waals surface area contributed by atoms with Gasteiger partial charge in [-0.05, 0) is 11.5 Å². The Kier molecular flexibility index (Phi) is 3.14. The summed E-state index contributed by atoms with van der Waals surface area (Å²) in [7, 11) is 1.27. The van der Waals surface area contributed by atoms with Gasteiger partial charge in [-0.25, -0.2) is 0 Å². The number of aromatic nitrogens is 1. The van der Waals surface area contributed by atoms with Gasteiger partial charge in [-0.1, -0.05) is 18.2 Å². The van der Waals surface area contributed by atoms with Crippen molar-refractivity contribution >= 4 is 22.5 Å². The molecule has 0 aliphatic carbocycles. The Morgan fingerprint density at radius 2 is 2.12 bits per heavy atom. The van der Waals surface area contributed by atoms with E-state index in [0.717, 1.165) is 10.8 Å². The molecule has 0 aliphatic rings. The number of carbonyl (C=O) groups excluding carboxylic acids is 2. The monoisotopic (exact) mass is 229 g/mol. The molecule has 0 saturated carbocycles. The van der Waals surface area contributed by atoms with Gasteiger partial charge in [-0.3, -0.25) is 14.6 Å². The first kappa shape index (κ1) is 11.3. The third-order valence-electron chi connectivity index (χ3n) is 2.51. The van der Waals surface area contributed by atoms with E-state index < -0.39 is 5.97 Å². The lowest BCUT2D eigenvalue weighted by atomic mass is 10.0. The highest BCUT2D eigenvalue weighted by atomic mass is 16.5. The van der Waals surface area contributed by atoms with Gasteiger partial charge in [0.25, 0.3) is 0 Å².